The molecular formula is C35H42ClN7O2. The summed E-state index contributed by atoms with van der Waals surface area (Å²) in [4.78, 5) is 43.6. The molecule has 2 aromatic carbocycles. The highest BCUT2D eigenvalue weighted by molar-refractivity contribution is 6.33. The fourth-order valence-corrected chi connectivity index (χ4v) is 7.08. The maximum absolute atomic E-state index is 14.5. The molecule has 2 aliphatic heterocycles. The zero-order valence-electron chi connectivity index (χ0n) is 26.6. The van der Waals surface area contributed by atoms with E-state index in [2.05, 4.69) is 47.2 Å². The first-order chi connectivity index (χ1) is 21.8. The number of piperazine rings is 1. The van der Waals surface area contributed by atoms with Gasteiger partial charge in [0.2, 0.25) is 11.9 Å². The number of hydrogen-bond acceptors (Lipinski definition) is 7. The summed E-state index contributed by atoms with van der Waals surface area (Å²) in [6, 6.07) is 13.6. The molecule has 2 aromatic heterocycles. The first-order valence-electron chi connectivity index (χ1n) is 16.1. The number of anilines is 3. The number of aryl methyl sites for hydroxylation is 2. The highest BCUT2D eigenvalue weighted by atomic mass is 35.5. The third-order valence-corrected chi connectivity index (χ3v) is 9.71. The molecule has 10 heteroatoms. The van der Waals surface area contributed by atoms with Crippen molar-refractivity contribution in [3.8, 4) is 11.1 Å². The second-order valence-corrected chi connectivity index (χ2v) is 12.5. The molecule has 45 heavy (non-hydrogen) atoms. The summed E-state index contributed by atoms with van der Waals surface area (Å²) in [6.07, 6.45) is 3.81. The third kappa shape index (κ3) is 6.16. The number of fused-ring (bicyclic) bond motifs is 1. The Hall–Kier alpha value is -3.95. The van der Waals surface area contributed by atoms with Gasteiger partial charge in [0.05, 0.1) is 11.6 Å². The van der Waals surface area contributed by atoms with Gasteiger partial charge in [-0.25, -0.2) is 4.98 Å². The molecule has 0 spiro atoms. The van der Waals surface area contributed by atoms with Crippen molar-refractivity contribution >= 4 is 45.9 Å². The molecule has 4 heterocycles. The SMILES string of the molecule is CCC(=O)N1CCC[C@H](n2c(=O)c(-c3ccccc3Cl)c(C)c3cnc(Nc4ccc(N5CCN(CC)CC5)c(C)c4)nc32)C1. The van der Waals surface area contributed by atoms with Crippen molar-refractivity contribution < 1.29 is 4.79 Å². The van der Waals surface area contributed by atoms with Crippen molar-refractivity contribution in [2.45, 2.75) is 53.0 Å². The molecule has 1 N–H and O–H groups in total. The summed E-state index contributed by atoms with van der Waals surface area (Å²) in [5.41, 5.74) is 5.73. The molecule has 0 bridgehead atoms. The molecule has 4 aromatic rings. The number of likely N-dealkylation sites (tertiary alicyclic amines) is 1. The number of amides is 1. The number of piperidine rings is 1. The molecular weight excluding hydrogens is 586 g/mol. The second kappa shape index (κ2) is 13.2. The summed E-state index contributed by atoms with van der Waals surface area (Å²) < 4.78 is 1.78. The van der Waals surface area contributed by atoms with Crippen molar-refractivity contribution in [2.24, 2.45) is 0 Å². The minimum atomic E-state index is -0.219. The normalized spacial score (nSPS) is 17.6. The van der Waals surface area contributed by atoms with Crippen LogP contribution in [0.25, 0.3) is 22.2 Å². The van der Waals surface area contributed by atoms with Crippen LogP contribution in [-0.2, 0) is 4.79 Å². The molecule has 2 aliphatic rings. The van der Waals surface area contributed by atoms with Gasteiger partial charge in [0.1, 0.15) is 5.65 Å². The Labute approximate surface area is 269 Å². The molecule has 2 saturated heterocycles. The van der Waals surface area contributed by atoms with E-state index in [1.54, 1.807) is 16.8 Å². The molecule has 9 nitrogen and oxygen atoms in total. The number of nitrogens with one attached hydrogen (secondary N) is 1. The van der Waals surface area contributed by atoms with Gasteiger partial charge in [0, 0.05) is 79.2 Å². The second-order valence-electron chi connectivity index (χ2n) is 12.1. The molecule has 0 unspecified atom stereocenters. The average molecular weight is 628 g/mol. The smallest absolute Gasteiger partial charge is 0.260 e. The van der Waals surface area contributed by atoms with E-state index in [-0.39, 0.29) is 17.5 Å². The standard InChI is InChI=1S/C35H42ClN7O2/c1-5-31(44)42-15-9-10-26(22-42)43-33-28(24(4)32(34(43)45)27-11-7-8-12-29(27)36)21-37-35(39-33)38-25-13-14-30(23(3)20-25)41-18-16-40(6-2)17-19-41/h7-8,11-14,20-21,26H,5-6,9-10,15-19,22H2,1-4H3,(H,37,38,39)/t26-/m0/s1. The maximum Gasteiger partial charge on any atom is 0.260 e. The minimum Gasteiger partial charge on any atom is -0.369 e. The van der Waals surface area contributed by atoms with Crippen LogP contribution in [0.1, 0.15) is 50.3 Å². The van der Waals surface area contributed by atoms with Crippen LogP contribution >= 0.6 is 11.6 Å². The zero-order chi connectivity index (χ0) is 31.7. The van der Waals surface area contributed by atoms with E-state index in [1.807, 2.05) is 36.9 Å². The van der Waals surface area contributed by atoms with E-state index in [9.17, 15) is 9.59 Å². The topological polar surface area (TPSA) is 86.6 Å². The Bertz CT molecular complexity index is 1780. The van der Waals surface area contributed by atoms with Gasteiger partial charge in [-0.15, -0.1) is 0 Å². The lowest BCUT2D eigenvalue weighted by Crippen LogP contribution is -2.46. The van der Waals surface area contributed by atoms with Crippen LogP contribution in [-0.4, -0.2) is 76.1 Å². The van der Waals surface area contributed by atoms with Crippen LogP contribution in [0, 0.1) is 13.8 Å². The Morgan fingerprint density at radius 3 is 2.53 bits per heavy atom. The fourth-order valence-electron chi connectivity index (χ4n) is 6.85. The number of carbonyl (C=O) groups excluding carboxylic acids is 1. The number of carbonyl (C=O) groups is 1. The molecule has 2 fully saturated rings. The number of aromatic nitrogens is 3. The van der Waals surface area contributed by atoms with Crippen LogP contribution in [0.5, 0.6) is 0 Å². The summed E-state index contributed by atoms with van der Waals surface area (Å²) in [7, 11) is 0. The van der Waals surface area contributed by atoms with Crippen LogP contribution in [0.4, 0.5) is 17.3 Å². The number of likely N-dealkylation sites (N-methyl/N-ethyl adjacent to an activating group) is 1. The Morgan fingerprint density at radius 1 is 1.04 bits per heavy atom. The van der Waals surface area contributed by atoms with E-state index < -0.39 is 0 Å². The predicted molar refractivity (Wildman–Crippen MR) is 183 cm³/mol. The van der Waals surface area contributed by atoms with Gasteiger partial charge in [-0.3, -0.25) is 14.2 Å². The van der Waals surface area contributed by atoms with Crippen molar-refractivity contribution in [3.63, 3.8) is 0 Å². The molecule has 0 aliphatic carbocycles. The number of rotatable bonds is 7. The van der Waals surface area contributed by atoms with Crippen molar-refractivity contribution in [2.75, 3.05) is 56.0 Å². The monoisotopic (exact) mass is 627 g/mol. The number of halogens is 1. The Kier molecular flexibility index (Phi) is 9.10. The van der Waals surface area contributed by atoms with Crippen molar-refractivity contribution in [3.05, 3.63) is 75.2 Å². The van der Waals surface area contributed by atoms with Crippen LogP contribution < -0.4 is 15.8 Å². The van der Waals surface area contributed by atoms with Gasteiger partial charge >= 0.3 is 0 Å². The molecule has 6 rings (SSSR count). The number of hydrogen-bond donors (Lipinski definition) is 1. The van der Waals surface area contributed by atoms with E-state index in [1.165, 1.54) is 11.3 Å². The zero-order valence-corrected chi connectivity index (χ0v) is 27.4. The lowest BCUT2D eigenvalue weighted by atomic mass is 9.98. The summed E-state index contributed by atoms with van der Waals surface area (Å²) in [5, 5.41) is 4.69. The molecule has 0 saturated carbocycles. The Morgan fingerprint density at radius 2 is 1.82 bits per heavy atom. The molecule has 236 valence electrons. The van der Waals surface area contributed by atoms with Gasteiger partial charge in [0.25, 0.3) is 5.56 Å². The minimum absolute atomic E-state index is 0.0959. The molecule has 1 atom stereocenters. The first-order valence-corrected chi connectivity index (χ1v) is 16.5. The fraction of sp³-hybridized carbons (Fsp3) is 0.429. The number of nitrogens with zero attached hydrogens (tertiary/aromatic N) is 6. The first kappa shape index (κ1) is 31.0. The van der Waals surface area contributed by atoms with E-state index in [4.69, 9.17) is 21.6 Å². The summed E-state index contributed by atoms with van der Waals surface area (Å²) in [5.74, 6) is 0.514. The summed E-state index contributed by atoms with van der Waals surface area (Å²) in [6.45, 7) is 14.6. The number of benzene rings is 2. The predicted octanol–water partition coefficient (Wildman–Crippen LogP) is 6.19. The lowest BCUT2D eigenvalue weighted by Gasteiger charge is -2.36. The van der Waals surface area contributed by atoms with E-state index in [0.717, 1.165) is 62.2 Å². The van der Waals surface area contributed by atoms with E-state index in [0.29, 0.717) is 47.3 Å². The van der Waals surface area contributed by atoms with Gasteiger partial charge in [0.15, 0.2) is 0 Å². The van der Waals surface area contributed by atoms with Crippen LogP contribution in [0.15, 0.2) is 53.5 Å². The third-order valence-electron chi connectivity index (χ3n) is 9.38. The highest BCUT2D eigenvalue weighted by Crippen LogP contribution is 2.34. The van der Waals surface area contributed by atoms with Crippen LogP contribution in [0.2, 0.25) is 5.02 Å². The van der Waals surface area contributed by atoms with Crippen LogP contribution in [0.3, 0.4) is 0 Å². The van der Waals surface area contributed by atoms with Gasteiger partial charge in [-0.05, 0) is 68.6 Å². The van der Waals surface area contributed by atoms with Gasteiger partial charge in [-0.1, -0.05) is 43.6 Å². The molecule has 0 radical (unpaired) electrons. The molecule has 1 amide bonds. The quantitative estimate of drug-likeness (QED) is 0.262. The average Bonchev–Trinajstić information content (AvgIpc) is 3.05. The van der Waals surface area contributed by atoms with Gasteiger partial charge in [-0.2, -0.15) is 4.98 Å². The maximum atomic E-state index is 14.5. The van der Waals surface area contributed by atoms with Crippen molar-refractivity contribution in [1.82, 2.24) is 24.3 Å². The highest BCUT2D eigenvalue weighted by Gasteiger charge is 2.29. The van der Waals surface area contributed by atoms with Crippen molar-refractivity contribution in [1.29, 1.82) is 0 Å². The van der Waals surface area contributed by atoms with E-state index >= 15 is 0 Å². The largest absolute Gasteiger partial charge is 0.369 e. The summed E-state index contributed by atoms with van der Waals surface area (Å²) >= 11 is 6.63. The van der Waals surface area contributed by atoms with Gasteiger partial charge < -0.3 is 20.0 Å². The Balaban J connectivity index is 1.40. The number of pyridine rings is 1. The lowest BCUT2D eigenvalue weighted by molar-refractivity contribution is -0.132.